The van der Waals surface area contributed by atoms with Crippen LogP contribution in [0, 0.1) is 0 Å². The highest BCUT2D eigenvalue weighted by molar-refractivity contribution is 5.76. The normalized spacial score (nSPS) is 12.5. The number of hydrogen-bond donors (Lipinski definition) is 3. The Morgan fingerprint density at radius 2 is 2.15 bits per heavy atom. The number of hydrogen-bond acceptors (Lipinski definition) is 3. The summed E-state index contributed by atoms with van der Waals surface area (Å²) in [5, 5.41) is 5.97. The van der Waals surface area contributed by atoms with Gasteiger partial charge in [0, 0.05) is 25.6 Å². The van der Waals surface area contributed by atoms with Crippen molar-refractivity contribution < 1.29 is 4.79 Å². The van der Waals surface area contributed by atoms with Gasteiger partial charge in [0.05, 0.1) is 0 Å². The van der Waals surface area contributed by atoms with Crippen LogP contribution in [-0.4, -0.2) is 31.6 Å². The van der Waals surface area contributed by atoms with Crippen molar-refractivity contribution in [2.45, 2.75) is 32.7 Å². The predicted octanol–water partition coefficient (Wildman–Crippen LogP) is -0.160. The number of carbonyl (C=O) groups excluding carboxylic acids is 1. The fourth-order valence-corrected chi connectivity index (χ4v) is 1.09. The van der Waals surface area contributed by atoms with Crippen LogP contribution in [0.3, 0.4) is 0 Å². The lowest BCUT2D eigenvalue weighted by atomic mass is 10.2. The summed E-state index contributed by atoms with van der Waals surface area (Å²) in [6.07, 6.45) is 1.45. The largest absolute Gasteiger partial charge is 0.356 e. The van der Waals surface area contributed by atoms with Crippen molar-refractivity contribution in [3.05, 3.63) is 0 Å². The summed E-state index contributed by atoms with van der Waals surface area (Å²) in [6.45, 7) is 6.15. The van der Waals surface area contributed by atoms with Gasteiger partial charge in [-0.15, -0.1) is 0 Å². The van der Waals surface area contributed by atoms with Crippen LogP contribution >= 0.6 is 0 Å². The molecule has 4 nitrogen and oxygen atoms in total. The predicted molar refractivity (Wildman–Crippen MR) is 54.4 cm³/mol. The molecule has 0 aromatic rings. The molecule has 0 saturated carbocycles. The van der Waals surface area contributed by atoms with E-state index in [9.17, 15) is 4.79 Å². The van der Waals surface area contributed by atoms with E-state index in [0.29, 0.717) is 13.0 Å². The van der Waals surface area contributed by atoms with Gasteiger partial charge in [0.2, 0.25) is 5.91 Å². The lowest BCUT2D eigenvalue weighted by molar-refractivity contribution is -0.121. The maximum Gasteiger partial charge on any atom is 0.221 e. The first kappa shape index (κ1) is 12.4. The fourth-order valence-electron chi connectivity index (χ4n) is 1.09. The molecule has 0 aromatic heterocycles. The number of carbonyl (C=O) groups is 1. The van der Waals surface area contributed by atoms with Gasteiger partial charge in [-0.1, -0.05) is 13.8 Å². The zero-order chi connectivity index (χ0) is 10.1. The van der Waals surface area contributed by atoms with Crippen LogP contribution in [0.25, 0.3) is 0 Å². The molecule has 4 heteroatoms. The van der Waals surface area contributed by atoms with Crippen LogP contribution in [0.4, 0.5) is 0 Å². The molecule has 0 aliphatic heterocycles. The Hall–Kier alpha value is -0.610. The first-order chi connectivity index (χ1) is 6.24. The van der Waals surface area contributed by atoms with E-state index in [4.69, 9.17) is 5.73 Å². The van der Waals surface area contributed by atoms with Crippen LogP contribution in [-0.2, 0) is 4.79 Å². The molecule has 1 amide bonds. The molecule has 13 heavy (non-hydrogen) atoms. The van der Waals surface area contributed by atoms with E-state index < -0.39 is 0 Å². The van der Waals surface area contributed by atoms with Crippen LogP contribution in [0.5, 0.6) is 0 Å². The number of rotatable bonds is 7. The van der Waals surface area contributed by atoms with Gasteiger partial charge in [-0.3, -0.25) is 4.79 Å². The molecule has 0 fully saturated rings. The monoisotopic (exact) mass is 187 g/mol. The van der Waals surface area contributed by atoms with E-state index in [-0.39, 0.29) is 11.9 Å². The zero-order valence-corrected chi connectivity index (χ0v) is 8.60. The smallest absolute Gasteiger partial charge is 0.221 e. The molecule has 0 rings (SSSR count). The molecule has 0 aliphatic carbocycles. The van der Waals surface area contributed by atoms with Crippen molar-refractivity contribution in [2.24, 2.45) is 5.73 Å². The van der Waals surface area contributed by atoms with Gasteiger partial charge < -0.3 is 16.4 Å². The molecule has 0 radical (unpaired) electrons. The second-order valence-electron chi connectivity index (χ2n) is 3.04. The molecular formula is C9H21N3O. The molecule has 0 bridgehead atoms. The second-order valence-corrected chi connectivity index (χ2v) is 3.04. The molecule has 0 saturated heterocycles. The summed E-state index contributed by atoms with van der Waals surface area (Å²) >= 11 is 0. The molecule has 1 unspecified atom stereocenters. The van der Waals surface area contributed by atoms with Crippen molar-refractivity contribution in [2.75, 3.05) is 19.6 Å². The summed E-state index contributed by atoms with van der Waals surface area (Å²) in [5.41, 5.74) is 5.49. The Morgan fingerprint density at radius 3 is 2.62 bits per heavy atom. The van der Waals surface area contributed by atoms with Gasteiger partial charge >= 0.3 is 0 Å². The van der Waals surface area contributed by atoms with Crippen molar-refractivity contribution in [3.63, 3.8) is 0 Å². The van der Waals surface area contributed by atoms with Gasteiger partial charge in [-0.2, -0.15) is 0 Å². The van der Waals surface area contributed by atoms with Gasteiger partial charge in [0.1, 0.15) is 0 Å². The fraction of sp³-hybridized carbons (Fsp3) is 0.889. The third-order valence-electron chi connectivity index (χ3n) is 1.78. The highest BCUT2D eigenvalue weighted by Gasteiger charge is 2.09. The van der Waals surface area contributed by atoms with E-state index in [0.717, 1.165) is 19.5 Å². The van der Waals surface area contributed by atoms with E-state index >= 15 is 0 Å². The maximum atomic E-state index is 11.2. The summed E-state index contributed by atoms with van der Waals surface area (Å²) < 4.78 is 0. The van der Waals surface area contributed by atoms with Gasteiger partial charge in [-0.05, 0) is 13.0 Å². The third-order valence-corrected chi connectivity index (χ3v) is 1.78. The van der Waals surface area contributed by atoms with Crippen LogP contribution in [0.1, 0.15) is 26.7 Å². The average Bonchev–Trinajstić information content (AvgIpc) is 2.14. The summed E-state index contributed by atoms with van der Waals surface area (Å²) in [5.74, 6) is 0.0817. The molecular weight excluding hydrogens is 166 g/mol. The summed E-state index contributed by atoms with van der Waals surface area (Å²) in [6, 6.07) is 0.113. The Bertz CT molecular complexity index is 139. The second kappa shape index (κ2) is 8.01. The van der Waals surface area contributed by atoms with E-state index in [1.54, 1.807) is 0 Å². The molecule has 4 N–H and O–H groups in total. The number of nitrogens with one attached hydrogen (secondary N) is 2. The highest BCUT2D eigenvalue weighted by atomic mass is 16.1. The lowest BCUT2D eigenvalue weighted by Crippen LogP contribution is -2.40. The minimum atomic E-state index is 0.0817. The number of likely N-dealkylation sites (N-methyl/N-ethyl adjacent to an activating group) is 1. The van der Waals surface area contributed by atoms with Gasteiger partial charge in [0.15, 0.2) is 0 Å². The first-order valence-electron chi connectivity index (χ1n) is 4.94. The summed E-state index contributed by atoms with van der Waals surface area (Å²) in [7, 11) is 0. The highest BCUT2D eigenvalue weighted by Crippen LogP contribution is 1.89. The minimum absolute atomic E-state index is 0.0817. The van der Waals surface area contributed by atoms with Gasteiger partial charge in [0.25, 0.3) is 0 Å². The maximum absolute atomic E-state index is 11.2. The van der Waals surface area contributed by atoms with E-state index in [2.05, 4.69) is 10.6 Å². The Labute approximate surface area is 80.3 Å². The number of nitrogens with two attached hydrogens (primary N) is 1. The van der Waals surface area contributed by atoms with Crippen LogP contribution < -0.4 is 16.4 Å². The van der Waals surface area contributed by atoms with Crippen molar-refractivity contribution >= 4 is 5.91 Å². The average molecular weight is 187 g/mol. The minimum Gasteiger partial charge on any atom is -0.356 e. The SMILES string of the molecule is CCCNC(=O)CC(CN)NCC. The third kappa shape index (κ3) is 6.54. The first-order valence-corrected chi connectivity index (χ1v) is 4.94. The van der Waals surface area contributed by atoms with E-state index in [1.807, 2.05) is 13.8 Å². The van der Waals surface area contributed by atoms with Crippen LogP contribution in [0.15, 0.2) is 0 Å². The van der Waals surface area contributed by atoms with E-state index in [1.165, 1.54) is 0 Å². The topological polar surface area (TPSA) is 67.2 Å². The summed E-state index contributed by atoms with van der Waals surface area (Å²) in [4.78, 5) is 11.2. The standard InChI is InChI=1S/C9H21N3O/c1-3-5-12-9(13)6-8(7-10)11-4-2/h8,11H,3-7,10H2,1-2H3,(H,12,13). The van der Waals surface area contributed by atoms with Crippen LogP contribution in [0.2, 0.25) is 0 Å². The van der Waals surface area contributed by atoms with Gasteiger partial charge in [-0.25, -0.2) is 0 Å². The Morgan fingerprint density at radius 1 is 1.46 bits per heavy atom. The molecule has 0 heterocycles. The quantitative estimate of drug-likeness (QED) is 0.519. The Balaban J connectivity index is 3.60. The number of amides is 1. The lowest BCUT2D eigenvalue weighted by Gasteiger charge is -2.14. The molecule has 1 atom stereocenters. The Kier molecular flexibility index (Phi) is 7.63. The van der Waals surface area contributed by atoms with Crippen molar-refractivity contribution in [1.82, 2.24) is 10.6 Å². The molecule has 0 aliphatic rings. The van der Waals surface area contributed by atoms with Crippen molar-refractivity contribution in [1.29, 1.82) is 0 Å². The molecule has 0 aromatic carbocycles. The zero-order valence-electron chi connectivity index (χ0n) is 8.60. The van der Waals surface area contributed by atoms with Crippen molar-refractivity contribution in [3.8, 4) is 0 Å². The molecule has 78 valence electrons. The molecule has 0 spiro atoms.